The second-order valence-corrected chi connectivity index (χ2v) is 4.47. The van der Waals surface area contributed by atoms with E-state index in [9.17, 15) is 4.39 Å². The van der Waals surface area contributed by atoms with Crippen molar-refractivity contribution in [2.24, 2.45) is 5.73 Å². The van der Waals surface area contributed by atoms with Gasteiger partial charge in [-0.25, -0.2) is 9.37 Å². The molecule has 0 saturated carbocycles. The maximum absolute atomic E-state index is 13.3. The second-order valence-electron chi connectivity index (χ2n) is 3.53. The highest BCUT2D eigenvalue weighted by Gasteiger charge is 2.04. The van der Waals surface area contributed by atoms with Crippen LogP contribution in [0.1, 0.15) is 16.3 Å². The topological polar surface area (TPSA) is 38.9 Å². The molecule has 2 nitrogen and oxygen atoms in total. The van der Waals surface area contributed by atoms with Crippen LogP contribution in [0.4, 0.5) is 4.39 Å². The number of nitrogens with two attached hydrogens (primary N) is 1. The first-order chi connectivity index (χ1) is 7.79. The van der Waals surface area contributed by atoms with E-state index in [1.165, 1.54) is 6.07 Å². The highest BCUT2D eigenvalue weighted by Crippen LogP contribution is 2.13. The summed E-state index contributed by atoms with van der Waals surface area (Å²) >= 11 is 1.56. The third-order valence-electron chi connectivity index (χ3n) is 2.38. The van der Waals surface area contributed by atoms with Crippen LogP contribution in [0.5, 0.6) is 0 Å². The third kappa shape index (κ3) is 2.65. The van der Waals surface area contributed by atoms with Crippen LogP contribution in [0, 0.1) is 5.82 Å². The molecule has 16 heavy (non-hydrogen) atoms. The third-order valence-corrected chi connectivity index (χ3v) is 3.30. The van der Waals surface area contributed by atoms with Gasteiger partial charge in [-0.3, -0.25) is 0 Å². The number of benzene rings is 1. The van der Waals surface area contributed by atoms with Gasteiger partial charge in [-0.2, -0.15) is 0 Å². The summed E-state index contributed by atoms with van der Waals surface area (Å²) < 4.78 is 13.3. The lowest BCUT2D eigenvalue weighted by Gasteiger charge is -2.00. The average molecular weight is 236 g/mol. The van der Waals surface area contributed by atoms with Crippen molar-refractivity contribution in [1.82, 2.24) is 4.98 Å². The van der Waals surface area contributed by atoms with Gasteiger partial charge in [0.1, 0.15) is 10.8 Å². The Morgan fingerprint density at radius 2 is 2.06 bits per heavy atom. The van der Waals surface area contributed by atoms with Crippen LogP contribution >= 0.6 is 11.3 Å². The SMILES string of the molecule is NCc1nc(CCc2ccccc2F)cs1. The fourth-order valence-corrected chi connectivity index (χ4v) is 2.23. The van der Waals surface area contributed by atoms with Crippen molar-refractivity contribution in [3.8, 4) is 0 Å². The molecule has 1 aromatic heterocycles. The summed E-state index contributed by atoms with van der Waals surface area (Å²) in [4.78, 5) is 4.34. The van der Waals surface area contributed by atoms with Gasteiger partial charge in [-0.05, 0) is 24.5 Å². The van der Waals surface area contributed by atoms with Gasteiger partial charge in [0, 0.05) is 11.9 Å². The molecule has 0 unspecified atom stereocenters. The van der Waals surface area contributed by atoms with Gasteiger partial charge in [0.25, 0.3) is 0 Å². The first kappa shape index (κ1) is 11.2. The maximum atomic E-state index is 13.3. The molecule has 0 bridgehead atoms. The molecule has 0 fully saturated rings. The van der Waals surface area contributed by atoms with Gasteiger partial charge < -0.3 is 5.73 Å². The van der Waals surface area contributed by atoms with Gasteiger partial charge in [0.2, 0.25) is 0 Å². The van der Waals surface area contributed by atoms with Gasteiger partial charge in [0.15, 0.2) is 0 Å². The lowest BCUT2D eigenvalue weighted by atomic mass is 10.1. The molecule has 0 spiro atoms. The quantitative estimate of drug-likeness (QED) is 0.886. The minimum atomic E-state index is -0.142. The van der Waals surface area contributed by atoms with Crippen molar-refractivity contribution < 1.29 is 4.39 Å². The molecule has 2 N–H and O–H groups in total. The molecule has 84 valence electrons. The summed E-state index contributed by atoms with van der Waals surface area (Å²) in [6, 6.07) is 6.85. The Labute approximate surface area is 97.9 Å². The standard InChI is InChI=1S/C12H13FN2S/c13-11-4-2-1-3-9(11)5-6-10-8-16-12(7-14)15-10/h1-4,8H,5-7,14H2. The molecule has 0 atom stereocenters. The predicted octanol–water partition coefficient (Wildman–Crippen LogP) is 2.53. The maximum Gasteiger partial charge on any atom is 0.126 e. The molecular formula is C12H13FN2S. The van der Waals surface area contributed by atoms with Crippen LogP contribution in [-0.2, 0) is 19.4 Å². The van der Waals surface area contributed by atoms with E-state index in [0.29, 0.717) is 13.0 Å². The molecule has 0 radical (unpaired) electrons. The van der Waals surface area contributed by atoms with Crippen molar-refractivity contribution in [3.05, 3.63) is 51.7 Å². The van der Waals surface area contributed by atoms with Crippen molar-refractivity contribution in [2.45, 2.75) is 19.4 Å². The van der Waals surface area contributed by atoms with E-state index in [-0.39, 0.29) is 5.82 Å². The molecule has 2 aromatic rings. The molecule has 1 aromatic carbocycles. The van der Waals surface area contributed by atoms with E-state index in [0.717, 1.165) is 22.7 Å². The van der Waals surface area contributed by atoms with Crippen LogP contribution in [0.25, 0.3) is 0 Å². The Balaban J connectivity index is 1.99. The lowest BCUT2D eigenvalue weighted by Crippen LogP contribution is -1.97. The molecule has 0 aliphatic rings. The van der Waals surface area contributed by atoms with E-state index in [1.54, 1.807) is 17.4 Å². The van der Waals surface area contributed by atoms with Gasteiger partial charge in [-0.1, -0.05) is 18.2 Å². The van der Waals surface area contributed by atoms with Crippen molar-refractivity contribution in [1.29, 1.82) is 0 Å². The Hall–Kier alpha value is -1.26. The summed E-state index contributed by atoms with van der Waals surface area (Å²) in [6.45, 7) is 0.477. The predicted molar refractivity (Wildman–Crippen MR) is 63.8 cm³/mol. The minimum Gasteiger partial charge on any atom is -0.325 e. The summed E-state index contributed by atoms with van der Waals surface area (Å²) in [6.07, 6.45) is 1.44. The highest BCUT2D eigenvalue weighted by molar-refractivity contribution is 7.09. The Morgan fingerprint density at radius 1 is 1.25 bits per heavy atom. The molecule has 2 rings (SSSR count). The van der Waals surface area contributed by atoms with Crippen LogP contribution < -0.4 is 5.73 Å². The average Bonchev–Trinajstić information content (AvgIpc) is 2.76. The molecule has 1 heterocycles. The molecular weight excluding hydrogens is 223 g/mol. The normalized spacial score (nSPS) is 10.6. The number of hydrogen-bond donors (Lipinski definition) is 1. The molecule has 0 aliphatic heterocycles. The zero-order chi connectivity index (χ0) is 11.4. The summed E-state index contributed by atoms with van der Waals surface area (Å²) in [7, 11) is 0. The number of halogens is 1. The van der Waals surface area contributed by atoms with E-state index >= 15 is 0 Å². The van der Waals surface area contributed by atoms with Gasteiger partial charge in [0.05, 0.1) is 5.69 Å². The second kappa shape index (κ2) is 5.18. The Kier molecular flexibility index (Phi) is 3.64. The number of aryl methyl sites for hydroxylation is 2. The summed E-state index contributed by atoms with van der Waals surface area (Å²) in [5, 5.41) is 2.92. The van der Waals surface area contributed by atoms with Crippen LogP contribution in [-0.4, -0.2) is 4.98 Å². The van der Waals surface area contributed by atoms with Gasteiger partial charge >= 0.3 is 0 Å². The highest BCUT2D eigenvalue weighted by atomic mass is 32.1. The van der Waals surface area contributed by atoms with E-state index in [4.69, 9.17) is 5.73 Å². The molecule has 4 heteroatoms. The van der Waals surface area contributed by atoms with Crippen LogP contribution in [0.15, 0.2) is 29.6 Å². The van der Waals surface area contributed by atoms with Gasteiger partial charge in [-0.15, -0.1) is 11.3 Å². The smallest absolute Gasteiger partial charge is 0.126 e. The monoisotopic (exact) mass is 236 g/mol. The van der Waals surface area contributed by atoms with Crippen LogP contribution in [0.2, 0.25) is 0 Å². The molecule has 0 amide bonds. The summed E-state index contributed by atoms with van der Waals surface area (Å²) in [5.41, 5.74) is 7.22. The van der Waals surface area contributed by atoms with Crippen molar-refractivity contribution >= 4 is 11.3 Å². The van der Waals surface area contributed by atoms with Crippen LogP contribution in [0.3, 0.4) is 0 Å². The van der Waals surface area contributed by atoms with E-state index in [1.807, 2.05) is 17.5 Å². The minimum absolute atomic E-state index is 0.142. The lowest BCUT2D eigenvalue weighted by molar-refractivity contribution is 0.608. The fourth-order valence-electron chi connectivity index (χ4n) is 1.52. The number of thiazole rings is 1. The first-order valence-corrected chi connectivity index (χ1v) is 6.04. The first-order valence-electron chi connectivity index (χ1n) is 5.16. The zero-order valence-corrected chi connectivity index (χ0v) is 9.64. The Morgan fingerprint density at radius 3 is 2.75 bits per heavy atom. The zero-order valence-electron chi connectivity index (χ0n) is 8.82. The van der Waals surface area contributed by atoms with Crippen molar-refractivity contribution in [3.63, 3.8) is 0 Å². The largest absolute Gasteiger partial charge is 0.325 e. The number of aromatic nitrogens is 1. The number of rotatable bonds is 4. The molecule has 0 aliphatic carbocycles. The van der Waals surface area contributed by atoms with Crippen molar-refractivity contribution in [2.75, 3.05) is 0 Å². The number of hydrogen-bond acceptors (Lipinski definition) is 3. The van der Waals surface area contributed by atoms with E-state index in [2.05, 4.69) is 4.98 Å². The Bertz CT molecular complexity index is 468. The summed E-state index contributed by atoms with van der Waals surface area (Å²) in [5.74, 6) is -0.142. The molecule has 0 saturated heterocycles. The van der Waals surface area contributed by atoms with E-state index < -0.39 is 0 Å². The fraction of sp³-hybridized carbons (Fsp3) is 0.250. The number of nitrogens with zero attached hydrogens (tertiary/aromatic N) is 1.